The summed E-state index contributed by atoms with van der Waals surface area (Å²) in [6.07, 6.45) is 2.36. The summed E-state index contributed by atoms with van der Waals surface area (Å²) < 4.78 is 0. The second-order valence-corrected chi connectivity index (χ2v) is 5.81. The molecule has 2 atom stereocenters. The molecule has 1 aliphatic carbocycles. The first-order valence-electron chi connectivity index (χ1n) is 5.80. The highest BCUT2D eigenvalue weighted by Crippen LogP contribution is 2.40. The van der Waals surface area contributed by atoms with E-state index in [0.717, 1.165) is 6.42 Å². The molecule has 2 unspecified atom stereocenters. The molecule has 0 heterocycles. The summed E-state index contributed by atoms with van der Waals surface area (Å²) in [4.78, 5) is 12.5. The summed E-state index contributed by atoms with van der Waals surface area (Å²) in [5.41, 5.74) is -0.716. The van der Waals surface area contributed by atoms with Crippen LogP contribution in [0, 0.1) is 0 Å². The highest BCUT2D eigenvalue weighted by Gasteiger charge is 2.44. The third-order valence-corrected chi connectivity index (χ3v) is 4.68. The third kappa shape index (κ3) is 2.64. The SMILES string of the molecule is CNC1(C(=O)O)CCC(Sc2ccccc2)C1. The normalized spacial score (nSPS) is 28.2. The number of hydrogen-bond donors (Lipinski definition) is 2. The van der Waals surface area contributed by atoms with Crippen LogP contribution in [0.3, 0.4) is 0 Å². The first-order valence-corrected chi connectivity index (χ1v) is 6.68. The van der Waals surface area contributed by atoms with E-state index in [9.17, 15) is 9.90 Å². The number of aliphatic carboxylic acids is 1. The van der Waals surface area contributed by atoms with Crippen molar-refractivity contribution in [1.82, 2.24) is 5.32 Å². The molecule has 1 saturated carbocycles. The van der Waals surface area contributed by atoms with E-state index < -0.39 is 11.5 Å². The van der Waals surface area contributed by atoms with Crippen LogP contribution in [0.2, 0.25) is 0 Å². The van der Waals surface area contributed by atoms with Crippen LogP contribution in [0.15, 0.2) is 35.2 Å². The fourth-order valence-corrected chi connectivity index (χ4v) is 3.62. The fraction of sp³-hybridized carbons (Fsp3) is 0.462. The summed E-state index contributed by atoms with van der Waals surface area (Å²) in [7, 11) is 1.74. The maximum absolute atomic E-state index is 11.3. The van der Waals surface area contributed by atoms with Crippen molar-refractivity contribution < 1.29 is 9.90 Å². The van der Waals surface area contributed by atoms with Gasteiger partial charge in [0.1, 0.15) is 5.54 Å². The first-order chi connectivity index (χ1) is 8.16. The van der Waals surface area contributed by atoms with Crippen molar-refractivity contribution in [3.05, 3.63) is 30.3 Å². The van der Waals surface area contributed by atoms with Crippen LogP contribution in [0.1, 0.15) is 19.3 Å². The molecule has 3 nitrogen and oxygen atoms in total. The lowest BCUT2D eigenvalue weighted by Crippen LogP contribution is -2.48. The number of hydrogen-bond acceptors (Lipinski definition) is 3. The Hall–Kier alpha value is -1.00. The van der Waals surface area contributed by atoms with Gasteiger partial charge in [-0.3, -0.25) is 4.79 Å². The Bertz CT molecular complexity index is 396. The molecule has 0 amide bonds. The molecule has 1 fully saturated rings. The minimum absolute atomic E-state index is 0.390. The van der Waals surface area contributed by atoms with Crippen molar-refractivity contribution in [3.8, 4) is 0 Å². The first kappa shape index (κ1) is 12.5. The minimum Gasteiger partial charge on any atom is -0.480 e. The summed E-state index contributed by atoms with van der Waals surface area (Å²) >= 11 is 1.78. The quantitative estimate of drug-likeness (QED) is 0.862. The standard InChI is InChI=1S/C13H17NO2S/c1-14-13(12(15)16)8-7-11(9-13)17-10-5-3-2-4-6-10/h2-6,11,14H,7-9H2,1H3,(H,15,16). The van der Waals surface area contributed by atoms with Crippen molar-refractivity contribution >= 4 is 17.7 Å². The third-order valence-electron chi connectivity index (χ3n) is 3.40. The van der Waals surface area contributed by atoms with Gasteiger partial charge in [0, 0.05) is 10.1 Å². The zero-order valence-corrected chi connectivity index (χ0v) is 10.7. The molecule has 1 aliphatic rings. The van der Waals surface area contributed by atoms with E-state index in [2.05, 4.69) is 17.4 Å². The molecular weight excluding hydrogens is 234 g/mol. The smallest absolute Gasteiger partial charge is 0.323 e. The molecule has 4 heteroatoms. The largest absolute Gasteiger partial charge is 0.480 e. The molecule has 2 rings (SSSR count). The number of benzene rings is 1. The molecule has 0 radical (unpaired) electrons. The number of carbonyl (C=O) groups is 1. The summed E-state index contributed by atoms with van der Waals surface area (Å²) in [6, 6.07) is 10.2. The predicted octanol–water partition coefficient (Wildman–Crippen LogP) is 2.37. The lowest BCUT2D eigenvalue weighted by molar-refractivity contribution is -0.144. The van der Waals surface area contributed by atoms with E-state index in [0.29, 0.717) is 18.1 Å². The van der Waals surface area contributed by atoms with E-state index in [1.54, 1.807) is 18.8 Å². The number of carboxylic acids is 1. The van der Waals surface area contributed by atoms with E-state index in [1.165, 1.54) is 4.90 Å². The predicted molar refractivity (Wildman–Crippen MR) is 69.4 cm³/mol. The fourth-order valence-electron chi connectivity index (χ4n) is 2.32. The maximum Gasteiger partial charge on any atom is 0.323 e. The van der Waals surface area contributed by atoms with E-state index in [-0.39, 0.29) is 0 Å². The van der Waals surface area contributed by atoms with Crippen LogP contribution in [-0.4, -0.2) is 28.9 Å². The molecule has 0 aliphatic heterocycles. The average molecular weight is 251 g/mol. The van der Waals surface area contributed by atoms with Gasteiger partial charge in [-0.15, -0.1) is 11.8 Å². The van der Waals surface area contributed by atoms with Crippen LogP contribution in [0.25, 0.3) is 0 Å². The molecule has 17 heavy (non-hydrogen) atoms. The molecule has 0 aromatic heterocycles. The van der Waals surface area contributed by atoms with Crippen molar-refractivity contribution in [2.24, 2.45) is 0 Å². The van der Waals surface area contributed by atoms with E-state index >= 15 is 0 Å². The van der Waals surface area contributed by atoms with Gasteiger partial charge in [-0.25, -0.2) is 0 Å². The summed E-state index contributed by atoms with van der Waals surface area (Å²) in [5, 5.41) is 12.6. The Morgan fingerprint density at radius 3 is 2.71 bits per heavy atom. The molecular formula is C13H17NO2S. The van der Waals surface area contributed by atoms with Gasteiger partial charge in [0.25, 0.3) is 0 Å². The van der Waals surface area contributed by atoms with Gasteiger partial charge in [0.2, 0.25) is 0 Å². The molecule has 2 N–H and O–H groups in total. The van der Waals surface area contributed by atoms with Crippen LogP contribution in [-0.2, 0) is 4.79 Å². The van der Waals surface area contributed by atoms with Crippen molar-refractivity contribution in [2.75, 3.05) is 7.05 Å². The number of carboxylic acid groups (broad SMARTS) is 1. The van der Waals surface area contributed by atoms with Crippen molar-refractivity contribution in [2.45, 2.75) is 34.9 Å². The Kier molecular flexibility index (Phi) is 3.74. The molecule has 1 aromatic carbocycles. The van der Waals surface area contributed by atoms with Gasteiger partial charge in [-0.2, -0.15) is 0 Å². The molecule has 0 bridgehead atoms. The second-order valence-electron chi connectivity index (χ2n) is 4.43. The summed E-state index contributed by atoms with van der Waals surface area (Å²) in [5.74, 6) is -0.726. The topological polar surface area (TPSA) is 49.3 Å². The Morgan fingerprint density at radius 1 is 1.47 bits per heavy atom. The van der Waals surface area contributed by atoms with Gasteiger partial charge in [-0.1, -0.05) is 18.2 Å². The molecule has 92 valence electrons. The minimum atomic E-state index is -0.726. The lowest BCUT2D eigenvalue weighted by Gasteiger charge is -2.23. The molecule has 1 aromatic rings. The Morgan fingerprint density at radius 2 is 2.18 bits per heavy atom. The van der Waals surface area contributed by atoms with E-state index in [4.69, 9.17) is 0 Å². The summed E-state index contributed by atoms with van der Waals surface area (Å²) in [6.45, 7) is 0. The second kappa shape index (κ2) is 5.10. The van der Waals surface area contributed by atoms with Crippen molar-refractivity contribution in [1.29, 1.82) is 0 Å². The van der Waals surface area contributed by atoms with Crippen LogP contribution in [0.5, 0.6) is 0 Å². The van der Waals surface area contributed by atoms with E-state index in [1.807, 2.05) is 18.2 Å². The van der Waals surface area contributed by atoms with Crippen molar-refractivity contribution in [3.63, 3.8) is 0 Å². The van der Waals surface area contributed by atoms with Gasteiger partial charge < -0.3 is 10.4 Å². The number of thioether (sulfide) groups is 1. The van der Waals surface area contributed by atoms with Crippen LogP contribution < -0.4 is 5.32 Å². The zero-order chi connectivity index (χ0) is 12.3. The molecule has 0 saturated heterocycles. The maximum atomic E-state index is 11.3. The average Bonchev–Trinajstić information content (AvgIpc) is 2.75. The molecule has 0 spiro atoms. The Labute approximate surface area is 106 Å². The van der Waals surface area contributed by atoms with Gasteiger partial charge in [0.15, 0.2) is 0 Å². The van der Waals surface area contributed by atoms with Crippen LogP contribution >= 0.6 is 11.8 Å². The monoisotopic (exact) mass is 251 g/mol. The Balaban J connectivity index is 2.01. The van der Waals surface area contributed by atoms with Crippen LogP contribution in [0.4, 0.5) is 0 Å². The van der Waals surface area contributed by atoms with Gasteiger partial charge >= 0.3 is 5.97 Å². The number of rotatable bonds is 4. The van der Waals surface area contributed by atoms with Gasteiger partial charge in [0.05, 0.1) is 0 Å². The number of nitrogens with one attached hydrogen (secondary N) is 1. The number of likely N-dealkylation sites (N-methyl/N-ethyl adjacent to an activating group) is 1. The van der Waals surface area contributed by atoms with Gasteiger partial charge in [-0.05, 0) is 38.4 Å². The highest BCUT2D eigenvalue weighted by molar-refractivity contribution is 8.00. The lowest BCUT2D eigenvalue weighted by atomic mass is 9.99. The highest BCUT2D eigenvalue weighted by atomic mass is 32.2. The zero-order valence-electron chi connectivity index (χ0n) is 9.85.